The molecule has 0 saturated carbocycles. The first-order chi connectivity index (χ1) is 18.4. The third-order valence-electron chi connectivity index (χ3n) is 7.96. The summed E-state index contributed by atoms with van der Waals surface area (Å²) in [6.07, 6.45) is 3.47. The molecule has 4 amide bonds. The van der Waals surface area contributed by atoms with Gasteiger partial charge in [0.2, 0.25) is 23.6 Å². The quantitative estimate of drug-likeness (QED) is 0.651. The van der Waals surface area contributed by atoms with Crippen LogP contribution in [-0.4, -0.2) is 70.7 Å². The van der Waals surface area contributed by atoms with E-state index in [2.05, 4.69) is 10.6 Å². The van der Waals surface area contributed by atoms with Gasteiger partial charge in [0.15, 0.2) is 0 Å². The van der Waals surface area contributed by atoms with E-state index in [1.807, 2.05) is 61.5 Å². The molecule has 0 aliphatic carbocycles. The van der Waals surface area contributed by atoms with Gasteiger partial charge >= 0.3 is 0 Å². The minimum atomic E-state index is -0.788. The number of nitrogens with zero attached hydrogens (tertiary/aromatic N) is 2. The largest absolute Gasteiger partial charge is 0.351 e. The van der Waals surface area contributed by atoms with Gasteiger partial charge in [0.05, 0.1) is 0 Å². The Kier molecular flexibility index (Phi) is 7.77. The van der Waals surface area contributed by atoms with E-state index in [1.165, 1.54) is 0 Å². The van der Waals surface area contributed by atoms with Crippen LogP contribution in [0.5, 0.6) is 0 Å². The van der Waals surface area contributed by atoms with Gasteiger partial charge in [-0.1, -0.05) is 60.2 Å². The highest BCUT2D eigenvalue weighted by Crippen LogP contribution is 2.26. The first-order valence-corrected chi connectivity index (χ1v) is 13.7. The van der Waals surface area contributed by atoms with Crippen molar-refractivity contribution in [2.24, 2.45) is 0 Å². The number of amides is 4. The van der Waals surface area contributed by atoms with Gasteiger partial charge in [-0.2, -0.15) is 0 Å². The van der Waals surface area contributed by atoms with E-state index in [1.54, 1.807) is 9.80 Å². The molecular formula is C30H36N4O4. The molecule has 0 radical (unpaired) electrons. The third kappa shape index (κ3) is 5.74. The zero-order valence-electron chi connectivity index (χ0n) is 21.9. The number of fused-ring (bicyclic) bond motifs is 2. The minimum absolute atomic E-state index is 0.0439. The van der Waals surface area contributed by atoms with Crippen molar-refractivity contribution in [1.82, 2.24) is 20.4 Å². The van der Waals surface area contributed by atoms with Gasteiger partial charge < -0.3 is 20.4 Å². The molecule has 5 rings (SSSR count). The van der Waals surface area contributed by atoms with Crippen molar-refractivity contribution in [1.29, 1.82) is 0 Å². The van der Waals surface area contributed by atoms with E-state index < -0.39 is 24.2 Å². The van der Waals surface area contributed by atoms with E-state index in [-0.39, 0.29) is 30.0 Å². The highest BCUT2D eigenvalue weighted by Gasteiger charge is 2.44. The van der Waals surface area contributed by atoms with Crippen LogP contribution in [0.15, 0.2) is 54.6 Å². The average molecular weight is 517 g/mol. The normalized spacial score (nSPS) is 26.6. The number of rotatable bonds is 4. The van der Waals surface area contributed by atoms with Gasteiger partial charge in [-0.3, -0.25) is 19.2 Å². The van der Waals surface area contributed by atoms with Crippen molar-refractivity contribution in [2.45, 2.75) is 76.0 Å². The summed E-state index contributed by atoms with van der Waals surface area (Å²) in [7, 11) is 0. The molecule has 4 unspecified atom stereocenters. The Bertz CT molecular complexity index is 1180. The van der Waals surface area contributed by atoms with Gasteiger partial charge in [-0.25, -0.2) is 0 Å². The van der Waals surface area contributed by atoms with Crippen molar-refractivity contribution < 1.29 is 19.2 Å². The number of carbonyl (C=O) groups excluding carboxylic acids is 4. The standard InChI is InChI=1S/C30H36N4O4/c1-20-11-13-22(14-12-20)17-23-19-27(35)32-24(18-21-7-3-2-4-8-21)29(37)34-16-6-10-26(34)30(38)33-15-5-9-25(33)28(36)31-23/h2-4,7-8,11-14,23-26H,5-6,9-10,15-19H2,1H3,(H,31,36)(H,32,35). The summed E-state index contributed by atoms with van der Waals surface area (Å²) in [5, 5.41) is 6.05. The molecule has 38 heavy (non-hydrogen) atoms. The van der Waals surface area contributed by atoms with E-state index in [4.69, 9.17) is 0 Å². The maximum Gasteiger partial charge on any atom is 0.246 e. The Morgan fingerprint density at radius 2 is 1.37 bits per heavy atom. The first kappa shape index (κ1) is 25.9. The van der Waals surface area contributed by atoms with Gasteiger partial charge in [0, 0.05) is 32.0 Å². The molecule has 2 aromatic carbocycles. The van der Waals surface area contributed by atoms with Crippen molar-refractivity contribution in [3.05, 3.63) is 71.3 Å². The fraction of sp³-hybridized carbons (Fsp3) is 0.467. The summed E-state index contributed by atoms with van der Waals surface area (Å²) < 4.78 is 0. The fourth-order valence-corrected chi connectivity index (χ4v) is 5.99. The highest BCUT2D eigenvalue weighted by molar-refractivity contribution is 5.95. The second-order valence-electron chi connectivity index (χ2n) is 10.8. The zero-order chi connectivity index (χ0) is 26.6. The Hall–Kier alpha value is -3.68. The van der Waals surface area contributed by atoms with Crippen molar-refractivity contribution in [3.63, 3.8) is 0 Å². The lowest BCUT2D eigenvalue weighted by Gasteiger charge is -2.32. The highest BCUT2D eigenvalue weighted by atomic mass is 16.2. The van der Waals surface area contributed by atoms with Gasteiger partial charge in [-0.15, -0.1) is 0 Å². The van der Waals surface area contributed by atoms with Crippen molar-refractivity contribution in [2.75, 3.05) is 13.1 Å². The Morgan fingerprint density at radius 1 is 0.737 bits per heavy atom. The zero-order valence-corrected chi connectivity index (χ0v) is 21.9. The summed E-state index contributed by atoms with van der Waals surface area (Å²) in [5.41, 5.74) is 3.07. The van der Waals surface area contributed by atoms with Crippen LogP contribution >= 0.6 is 0 Å². The predicted molar refractivity (Wildman–Crippen MR) is 143 cm³/mol. The number of nitrogens with one attached hydrogen (secondary N) is 2. The summed E-state index contributed by atoms with van der Waals surface area (Å²) in [6, 6.07) is 15.2. The second-order valence-corrected chi connectivity index (χ2v) is 10.8. The lowest BCUT2D eigenvalue weighted by atomic mass is 10.00. The van der Waals surface area contributed by atoms with Crippen LogP contribution in [0.25, 0.3) is 0 Å². The van der Waals surface area contributed by atoms with Crippen LogP contribution < -0.4 is 10.6 Å². The van der Waals surface area contributed by atoms with Gasteiger partial charge in [0.25, 0.3) is 0 Å². The molecular weight excluding hydrogens is 480 g/mol. The van der Waals surface area contributed by atoms with Crippen LogP contribution in [0.1, 0.15) is 48.8 Å². The maximum absolute atomic E-state index is 13.8. The smallest absolute Gasteiger partial charge is 0.246 e. The Labute approximate surface area is 223 Å². The van der Waals surface area contributed by atoms with E-state index in [9.17, 15) is 19.2 Å². The number of aryl methyl sites for hydroxylation is 1. The molecule has 3 fully saturated rings. The lowest BCUT2D eigenvalue weighted by Crippen LogP contribution is -2.56. The van der Waals surface area contributed by atoms with Gasteiger partial charge in [-0.05, 0) is 50.2 Å². The average Bonchev–Trinajstić information content (AvgIpc) is 3.59. The molecule has 8 heteroatoms. The molecule has 4 atom stereocenters. The van der Waals surface area contributed by atoms with E-state index in [0.717, 1.165) is 29.5 Å². The van der Waals surface area contributed by atoms with Crippen molar-refractivity contribution in [3.8, 4) is 0 Å². The second kappa shape index (κ2) is 11.4. The molecule has 3 heterocycles. The molecule has 200 valence electrons. The lowest BCUT2D eigenvalue weighted by molar-refractivity contribution is -0.147. The van der Waals surface area contributed by atoms with Crippen LogP contribution in [-0.2, 0) is 32.0 Å². The molecule has 0 bridgehead atoms. The topological polar surface area (TPSA) is 98.8 Å². The first-order valence-electron chi connectivity index (χ1n) is 13.7. The van der Waals surface area contributed by atoms with Crippen LogP contribution in [0.4, 0.5) is 0 Å². The molecule has 3 aliphatic rings. The fourth-order valence-electron chi connectivity index (χ4n) is 5.99. The monoisotopic (exact) mass is 516 g/mol. The molecule has 2 N–H and O–H groups in total. The molecule has 8 nitrogen and oxygen atoms in total. The number of hydrogen-bond acceptors (Lipinski definition) is 4. The number of hydrogen-bond donors (Lipinski definition) is 2. The Balaban J connectivity index is 1.46. The number of benzene rings is 2. The van der Waals surface area contributed by atoms with E-state index >= 15 is 0 Å². The van der Waals surface area contributed by atoms with Crippen LogP contribution in [0.3, 0.4) is 0 Å². The van der Waals surface area contributed by atoms with Crippen molar-refractivity contribution >= 4 is 23.6 Å². The predicted octanol–water partition coefficient (Wildman–Crippen LogP) is 2.14. The summed E-state index contributed by atoms with van der Waals surface area (Å²) >= 11 is 0. The molecule has 3 saturated heterocycles. The number of carbonyl (C=O) groups is 4. The summed E-state index contributed by atoms with van der Waals surface area (Å²) in [4.78, 5) is 57.6. The minimum Gasteiger partial charge on any atom is -0.351 e. The van der Waals surface area contributed by atoms with Crippen LogP contribution in [0, 0.1) is 6.92 Å². The van der Waals surface area contributed by atoms with E-state index in [0.29, 0.717) is 38.8 Å². The maximum atomic E-state index is 13.8. The molecule has 3 aliphatic heterocycles. The molecule has 0 spiro atoms. The SMILES string of the molecule is Cc1ccc(CC2CC(=O)NC(Cc3ccccc3)C(=O)N3CCCC3C(=O)N3CCCC3C(=O)N2)cc1. The Morgan fingerprint density at radius 3 is 2.08 bits per heavy atom. The third-order valence-corrected chi connectivity index (χ3v) is 7.96. The molecule has 0 aromatic heterocycles. The summed E-state index contributed by atoms with van der Waals surface area (Å²) in [6.45, 7) is 2.98. The van der Waals surface area contributed by atoms with Crippen LogP contribution in [0.2, 0.25) is 0 Å². The molecule has 2 aromatic rings. The van der Waals surface area contributed by atoms with Gasteiger partial charge in [0.1, 0.15) is 18.1 Å². The summed E-state index contributed by atoms with van der Waals surface area (Å²) in [5.74, 6) is -0.909.